The number of hydrogen-bond donors (Lipinski definition) is 3. The number of carbonyl (C=O) groups is 1. The number of nitrogens with zero attached hydrogens (tertiary/aromatic N) is 1. The lowest BCUT2D eigenvalue weighted by Crippen LogP contribution is -2.22. The van der Waals surface area contributed by atoms with Crippen molar-refractivity contribution in [2.45, 2.75) is 18.8 Å². The lowest BCUT2D eigenvalue weighted by atomic mass is 10.1. The van der Waals surface area contributed by atoms with Crippen molar-refractivity contribution < 1.29 is 20.1 Å². The summed E-state index contributed by atoms with van der Waals surface area (Å²) in [4.78, 5) is 12.4. The third kappa shape index (κ3) is 3.89. The Balaban J connectivity index is 2.01. The van der Waals surface area contributed by atoms with Crippen LogP contribution in [0.4, 0.5) is 0 Å². The number of likely N-dealkylation sites (tertiary alicyclic amines) is 1. The molecule has 1 fully saturated rings. The van der Waals surface area contributed by atoms with Crippen LogP contribution in [0.5, 0.6) is 0 Å². The minimum Gasteiger partial charge on any atom is -0.478 e. The van der Waals surface area contributed by atoms with Gasteiger partial charge in [0.1, 0.15) is 0 Å². The molecule has 0 spiro atoms. The topological polar surface area (TPSA) is 81.0 Å². The molecular formula is C14H17NO4. The predicted octanol–water partition coefficient (Wildman–Crippen LogP) is 0.322. The van der Waals surface area contributed by atoms with E-state index in [2.05, 4.69) is 0 Å². The summed E-state index contributed by atoms with van der Waals surface area (Å²) in [7, 11) is 0. The van der Waals surface area contributed by atoms with E-state index in [1.807, 2.05) is 29.2 Å². The van der Waals surface area contributed by atoms with Crippen LogP contribution in [0.1, 0.15) is 11.1 Å². The lowest BCUT2D eigenvalue weighted by Gasteiger charge is -2.14. The van der Waals surface area contributed by atoms with Gasteiger partial charge in [-0.25, -0.2) is 4.79 Å². The minimum absolute atomic E-state index is 0.455. The highest BCUT2D eigenvalue weighted by Crippen LogP contribution is 2.15. The molecule has 3 N–H and O–H groups in total. The zero-order chi connectivity index (χ0) is 13.8. The number of carboxylic acids is 1. The number of rotatable bonds is 4. The van der Waals surface area contributed by atoms with Crippen molar-refractivity contribution in [1.82, 2.24) is 4.90 Å². The Kier molecular flexibility index (Phi) is 4.31. The Morgan fingerprint density at radius 3 is 2.63 bits per heavy atom. The number of aliphatic carboxylic acids is 1. The van der Waals surface area contributed by atoms with Crippen LogP contribution in [0.2, 0.25) is 0 Å². The number of benzene rings is 1. The maximum absolute atomic E-state index is 10.5. The summed E-state index contributed by atoms with van der Waals surface area (Å²) >= 11 is 0. The van der Waals surface area contributed by atoms with Gasteiger partial charge in [0.15, 0.2) is 0 Å². The van der Waals surface area contributed by atoms with E-state index in [-0.39, 0.29) is 0 Å². The van der Waals surface area contributed by atoms with Crippen molar-refractivity contribution in [3.63, 3.8) is 0 Å². The molecule has 0 aliphatic carbocycles. The predicted molar refractivity (Wildman–Crippen MR) is 70.4 cm³/mol. The number of hydrogen-bond acceptors (Lipinski definition) is 4. The average molecular weight is 263 g/mol. The normalized spacial score (nSPS) is 24.1. The number of carboxylic acid groups (broad SMARTS) is 1. The van der Waals surface area contributed by atoms with Crippen molar-refractivity contribution in [3.8, 4) is 0 Å². The van der Waals surface area contributed by atoms with Crippen LogP contribution in [-0.4, -0.2) is 51.5 Å². The molecule has 2 atom stereocenters. The Bertz CT molecular complexity index is 476. The van der Waals surface area contributed by atoms with E-state index in [4.69, 9.17) is 5.11 Å². The third-order valence-electron chi connectivity index (χ3n) is 3.11. The van der Waals surface area contributed by atoms with Gasteiger partial charge in [0.05, 0.1) is 12.2 Å². The Hall–Kier alpha value is -1.69. The van der Waals surface area contributed by atoms with E-state index in [1.165, 1.54) is 0 Å². The van der Waals surface area contributed by atoms with Crippen LogP contribution >= 0.6 is 0 Å². The van der Waals surface area contributed by atoms with Crippen LogP contribution in [-0.2, 0) is 11.3 Å². The first-order valence-electron chi connectivity index (χ1n) is 6.13. The first kappa shape index (κ1) is 13.7. The van der Waals surface area contributed by atoms with Crippen molar-refractivity contribution in [2.75, 3.05) is 13.1 Å². The molecule has 2 unspecified atom stereocenters. The first-order chi connectivity index (χ1) is 9.04. The maximum atomic E-state index is 10.5. The highest BCUT2D eigenvalue weighted by molar-refractivity contribution is 5.85. The van der Waals surface area contributed by atoms with Gasteiger partial charge >= 0.3 is 5.97 Å². The Morgan fingerprint density at radius 2 is 2.00 bits per heavy atom. The molecule has 1 aliphatic heterocycles. The van der Waals surface area contributed by atoms with E-state index in [9.17, 15) is 15.0 Å². The molecule has 0 bridgehead atoms. The Morgan fingerprint density at radius 1 is 1.32 bits per heavy atom. The molecule has 5 heteroatoms. The standard InChI is InChI=1S/C14H17NO4/c16-12-8-15(9-13(12)17)7-11-3-1-2-10(6-11)4-5-14(18)19/h1-6,12-13,16-17H,7-9H2,(H,18,19)/b5-4+. The monoisotopic (exact) mass is 263 g/mol. The smallest absolute Gasteiger partial charge is 0.328 e. The summed E-state index contributed by atoms with van der Waals surface area (Å²) in [5.41, 5.74) is 1.84. The largest absolute Gasteiger partial charge is 0.478 e. The minimum atomic E-state index is -0.976. The molecule has 0 amide bonds. The van der Waals surface area contributed by atoms with E-state index in [1.54, 1.807) is 6.08 Å². The summed E-state index contributed by atoms with van der Waals surface area (Å²) in [5, 5.41) is 27.5. The highest BCUT2D eigenvalue weighted by atomic mass is 16.4. The third-order valence-corrected chi connectivity index (χ3v) is 3.11. The van der Waals surface area contributed by atoms with Gasteiger partial charge in [0.2, 0.25) is 0 Å². The number of aliphatic hydroxyl groups excluding tert-OH is 2. The van der Waals surface area contributed by atoms with Crippen molar-refractivity contribution in [2.24, 2.45) is 0 Å². The molecule has 0 saturated carbocycles. The molecule has 1 aromatic rings. The Labute approximate surface area is 111 Å². The van der Waals surface area contributed by atoms with Crippen LogP contribution in [0.15, 0.2) is 30.3 Å². The zero-order valence-corrected chi connectivity index (χ0v) is 10.4. The molecule has 1 saturated heterocycles. The fourth-order valence-electron chi connectivity index (χ4n) is 2.20. The van der Waals surface area contributed by atoms with Crippen LogP contribution in [0, 0.1) is 0 Å². The van der Waals surface area contributed by atoms with E-state index in [0.717, 1.165) is 17.2 Å². The quantitative estimate of drug-likeness (QED) is 0.682. The number of β-amino-alcohol motifs (C(OH)–C–C–N with tert-alkyl or cyclic N) is 2. The van der Waals surface area contributed by atoms with E-state index < -0.39 is 18.2 Å². The van der Waals surface area contributed by atoms with Gasteiger partial charge in [-0.3, -0.25) is 4.90 Å². The van der Waals surface area contributed by atoms with Crippen LogP contribution < -0.4 is 0 Å². The number of aliphatic hydroxyl groups is 2. The van der Waals surface area contributed by atoms with Gasteiger partial charge in [0, 0.05) is 25.7 Å². The van der Waals surface area contributed by atoms with Crippen molar-refractivity contribution >= 4 is 12.0 Å². The molecular weight excluding hydrogens is 246 g/mol. The van der Waals surface area contributed by atoms with Crippen molar-refractivity contribution in [1.29, 1.82) is 0 Å². The second-order valence-corrected chi connectivity index (χ2v) is 4.75. The molecule has 1 aliphatic rings. The highest BCUT2D eigenvalue weighted by Gasteiger charge is 2.29. The van der Waals surface area contributed by atoms with Gasteiger partial charge in [0.25, 0.3) is 0 Å². The molecule has 5 nitrogen and oxygen atoms in total. The average Bonchev–Trinajstić information content (AvgIpc) is 2.66. The van der Waals surface area contributed by atoms with E-state index >= 15 is 0 Å². The molecule has 2 rings (SSSR count). The van der Waals surface area contributed by atoms with Crippen LogP contribution in [0.25, 0.3) is 6.08 Å². The van der Waals surface area contributed by atoms with Gasteiger partial charge in [-0.15, -0.1) is 0 Å². The van der Waals surface area contributed by atoms with Gasteiger partial charge < -0.3 is 15.3 Å². The van der Waals surface area contributed by atoms with E-state index in [0.29, 0.717) is 19.6 Å². The summed E-state index contributed by atoms with van der Waals surface area (Å²) in [6.45, 7) is 1.54. The second-order valence-electron chi connectivity index (χ2n) is 4.75. The van der Waals surface area contributed by atoms with Gasteiger partial charge in [-0.1, -0.05) is 24.3 Å². The molecule has 102 valence electrons. The summed E-state index contributed by atoms with van der Waals surface area (Å²) in [6, 6.07) is 7.53. The molecule has 0 aromatic heterocycles. The summed E-state index contributed by atoms with van der Waals surface area (Å²) in [6.07, 6.45) is 1.27. The fourth-order valence-corrected chi connectivity index (χ4v) is 2.20. The molecule has 1 aromatic carbocycles. The lowest BCUT2D eigenvalue weighted by molar-refractivity contribution is -0.131. The summed E-state index contributed by atoms with van der Waals surface area (Å²) < 4.78 is 0. The van der Waals surface area contributed by atoms with Crippen molar-refractivity contribution in [3.05, 3.63) is 41.5 Å². The molecule has 1 heterocycles. The zero-order valence-electron chi connectivity index (χ0n) is 10.4. The van der Waals surface area contributed by atoms with Crippen LogP contribution in [0.3, 0.4) is 0 Å². The van der Waals surface area contributed by atoms with Gasteiger partial charge in [-0.2, -0.15) is 0 Å². The first-order valence-corrected chi connectivity index (χ1v) is 6.13. The fraction of sp³-hybridized carbons (Fsp3) is 0.357. The molecule has 19 heavy (non-hydrogen) atoms. The molecule has 0 radical (unpaired) electrons. The maximum Gasteiger partial charge on any atom is 0.328 e. The summed E-state index contributed by atoms with van der Waals surface area (Å²) in [5.74, 6) is -0.976. The second kappa shape index (κ2) is 5.97. The van der Waals surface area contributed by atoms with Gasteiger partial charge in [-0.05, 0) is 17.2 Å². The SMILES string of the molecule is O=C(O)/C=C/c1cccc(CN2CC(O)C(O)C2)c1.